The zero-order valence-corrected chi connectivity index (χ0v) is 15.9. The number of aromatic nitrogens is 4. The second kappa shape index (κ2) is 6.98. The van der Waals surface area contributed by atoms with E-state index in [1.807, 2.05) is 42.2 Å². The van der Waals surface area contributed by atoms with Gasteiger partial charge >= 0.3 is 0 Å². The van der Waals surface area contributed by atoms with Gasteiger partial charge in [-0.3, -0.25) is 9.78 Å². The number of nitrogens with zero attached hydrogens (tertiary/aromatic N) is 5. The van der Waals surface area contributed by atoms with Gasteiger partial charge in [0.1, 0.15) is 0 Å². The number of carbonyl (C=O) groups excluding carboxylic acids is 1. The molecule has 0 spiro atoms. The lowest BCUT2D eigenvalue weighted by molar-refractivity contribution is 0.0699. The predicted molar refractivity (Wildman–Crippen MR) is 104 cm³/mol. The van der Waals surface area contributed by atoms with Gasteiger partial charge in [0.15, 0.2) is 5.69 Å². The van der Waals surface area contributed by atoms with Crippen molar-refractivity contribution in [2.24, 2.45) is 5.92 Å². The Morgan fingerprint density at radius 3 is 2.89 bits per heavy atom. The lowest BCUT2D eigenvalue weighted by Crippen LogP contribution is -2.38. The summed E-state index contributed by atoms with van der Waals surface area (Å²) in [6, 6.07) is 10.2. The number of para-hydroxylation sites is 1. The number of amides is 1. The number of benzene rings is 1. The summed E-state index contributed by atoms with van der Waals surface area (Å²) in [4.78, 5) is 19.8. The number of carbonyl (C=O) groups is 1. The van der Waals surface area contributed by atoms with Crippen LogP contribution >= 0.6 is 0 Å². The van der Waals surface area contributed by atoms with Gasteiger partial charge in [-0.2, -0.15) is 0 Å². The van der Waals surface area contributed by atoms with Crippen LogP contribution in [0.5, 0.6) is 0 Å². The van der Waals surface area contributed by atoms with Crippen molar-refractivity contribution >= 4 is 16.8 Å². The highest BCUT2D eigenvalue weighted by Crippen LogP contribution is 2.31. The Morgan fingerprint density at radius 1 is 1.25 bits per heavy atom. The number of pyridine rings is 1. The van der Waals surface area contributed by atoms with E-state index in [4.69, 9.17) is 4.74 Å². The minimum absolute atomic E-state index is 0.0219. The number of hydrogen-bond donors (Lipinski definition) is 0. The molecule has 1 saturated carbocycles. The van der Waals surface area contributed by atoms with E-state index in [2.05, 4.69) is 15.3 Å². The normalized spacial score (nSPS) is 19.2. The van der Waals surface area contributed by atoms with E-state index in [1.54, 1.807) is 10.9 Å². The SMILES string of the molecule is Cc1c(C(=O)N(C[C@@H]2CCOC2)C2CC2)nnn1-c1cccc2cccnc12. The summed E-state index contributed by atoms with van der Waals surface area (Å²) in [5.41, 5.74) is 2.86. The van der Waals surface area contributed by atoms with Crippen LogP contribution in [0.4, 0.5) is 0 Å². The molecule has 1 aliphatic carbocycles. The van der Waals surface area contributed by atoms with Crippen molar-refractivity contribution in [3.8, 4) is 5.69 Å². The molecular formula is C21H23N5O2. The highest BCUT2D eigenvalue weighted by Gasteiger charge is 2.37. The van der Waals surface area contributed by atoms with Crippen LogP contribution in [0.25, 0.3) is 16.6 Å². The second-order valence-electron chi connectivity index (χ2n) is 7.71. The van der Waals surface area contributed by atoms with E-state index >= 15 is 0 Å². The van der Waals surface area contributed by atoms with E-state index in [0.717, 1.165) is 61.3 Å². The van der Waals surface area contributed by atoms with Gasteiger partial charge in [-0.1, -0.05) is 23.4 Å². The summed E-state index contributed by atoms with van der Waals surface area (Å²) < 4.78 is 7.22. The van der Waals surface area contributed by atoms with Gasteiger partial charge in [0, 0.05) is 36.7 Å². The molecule has 1 amide bonds. The third-order valence-corrected chi connectivity index (χ3v) is 5.66. The Labute approximate surface area is 163 Å². The van der Waals surface area contributed by atoms with Gasteiger partial charge < -0.3 is 9.64 Å². The lowest BCUT2D eigenvalue weighted by atomic mass is 10.1. The van der Waals surface area contributed by atoms with Crippen molar-refractivity contribution in [2.45, 2.75) is 32.2 Å². The molecule has 7 nitrogen and oxygen atoms in total. The molecule has 5 rings (SSSR count). The molecule has 2 aromatic heterocycles. The van der Waals surface area contributed by atoms with Crippen LogP contribution < -0.4 is 0 Å². The highest BCUT2D eigenvalue weighted by atomic mass is 16.5. The Bertz CT molecular complexity index is 1020. The third kappa shape index (κ3) is 3.05. The van der Waals surface area contributed by atoms with Crippen molar-refractivity contribution in [2.75, 3.05) is 19.8 Å². The van der Waals surface area contributed by atoms with E-state index in [9.17, 15) is 4.79 Å². The van der Waals surface area contributed by atoms with Gasteiger partial charge in [-0.25, -0.2) is 4.68 Å². The molecule has 0 N–H and O–H groups in total. The molecule has 0 unspecified atom stereocenters. The Hall–Kier alpha value is -2.80. The third-order valence-electron chi connectivity index (χ3n) is 5.66. The summed E-state index contributed by atoms with van der Waals surface area (Å²) in [5.74, 6) is 0.397. The van der Waals surface area contributed by atoms with Crippen molar-refractivity contribution in [3.05, 3.63) is 47.9 Å². The first-order valence-electron chi connectivity index (χ1n) is 9.87. The maximum Gasteiger partial charge on any atom is 0.276 e. The first-order valence-corrected chi connectivity index (χ1v) is 9.87. The molecular weight excluding hydrogens is 354 g/mol. The Balaban J connectivity index is 1.48. The average molecular weight is 377 g/mol. The van der Waals surface area contributed by atoms with Gasteiger partial charge in [0.2, 0.25) is 0 Å². The van der Waals surface area contributed by atoms with Crippen LogP contribution in [0, 0.1) is 12.8 Å². The van der Waals surface area contributed by atoms with E-state index in [1.165, 1.54) is 0 Å². The Kier molecular flexibility index (Phi) is 4.31. The molecule has 28 heavy (non-hydrogen) atoms. The zero-order valence-electron chi connectivity index (χ0n) is 15.9. The number of ether oxygens (including phenoxy) is 1. The minimum atomic E-state index is -0.0219. The van der Waals surface area contributed by atoms with Gasteiger partial charge in [-0.15, -0.1) is 5.10 Å². The fourth-order valence-corrected chi connectivity index (χ4v) is 3.94. The highest BCUT2D eigenvalue weighted by molar-refractivity contribution is 5.94. The summed E-state index contributed by atoms with van der Waals surface area (Å²) in [6.45, 7) is 4.18. The van der Waals surface area contributed by atoms with Crippen LogP contribution in [0.1, 0.15) is 35.4 Å². The maximum absolute atomic E-state index is 13.3. The second-order valence-corrected chi connectivity index (χ2v) is 7.71. The van der Waals surface area contributed by atoms with E-state index < -0.39 is 0 Å². The fourth-order valence-electron chi connectivity index (χ4n) is 3.94. The summed E-state index contributed by atoms with van der Waals surface area (Å²) in [7, 11) is 0. The van der Waals surface area contributed by atoms with Crippen molar-refractivity contribution < 1.29 is 9.53 Å². The largest absolute Gasteiger partial charge is 0.381 e. The molecule has 1 aliphatic heterocycles. The molecule has 1 aromatic carbocycles. The summed E-state index contributed by atoms with van der Waals surface area (Å²) >= 11 is 0. The van der Waals surface area contributed by atoms with Crippen LogP contribution in [-0.2, 0) is 4.74 Å². The zero-order chi connectivity index (χ0) is 19.1. The molecule has 0 bridgehead atoms. The van der Waals surface area contributed by atoms with Gasteiger partial charge in [0.05, 0.1) is 23.5 Å². The summed E-state index contributed by atoms with van der Waals surface area (Å²) in [6.07, 6.45) is 4.92. The quantitative estimate of drug-likeness (QED) is 0.684. The first kappa shape index (κ1) is 17.3. The maximum atomic E-state index is 13.3. The predicted octanol–water partition coefficient (Wildman–Crippen LogP) is 2.77. The smallest absolute Gasteiger partial charge is 0.276 e. The fraction of sp³-hybridized carbons (Fsp3) is 0.429. The molecule has 7 heteroatoms. The molecule has 144 valence electrons. The van der Waals surface area contributed by atoms with Crippen LogP contribution in [0.15, 0.2) is 36.5 Å². The molecule has 3 heterocycles. The Morgan fingerprint density at radius 2 is 2.11 bits per heavy atom. The van der Waals surface area contributed by atoms with E-state index in [0.29, 0.717) is 17.7 Å². The van der Waals surface area contributed by atoms with Crippen molar-refractivity contribution in [1.29, 1.82) is 0 Å². The summed E-state index contributed by atoms with van der Waals surface area (Å²) in [5, 5.41) is 9.60. The van der Waals surface area contributed by atoms with Crippen LogP contribution in [0.3, 0.4) is 0 Å². The van der Waals surface area contributed by atoms with Crippen LogP contribution in [-0.4, -0.2) is 56.6 Å². The van der Waals surface area contributed by atoms with E-state index in [-0.39, 0.29) is 5.91 Å². The van der Waals surface area contributed by atoms with Gasteiger partial charge in [0.25, 0.3) is 5.91 Å². The molecule has 2 aliphatic rings. The van der Waals surface area contributed by atoms with Crippen molar-refractivity contribution in [1.82, 2.24) is 24.9 Å². The molecule has 0 radical (unpaired) electrons. The molecule has 2 fully saturated rings. The monoisotopic (exact) mass is 377 g/mol. The first-order chi connectivity index (χ1) is 13.7. The number of hydrogen-bond acceptors (Lipinski definition) is 5. The van der Waals surface area contributed by atoms with Crippen molar-refractivity contribution in [3.63, 3.8) is 0 Å². The molecule has 1 atom stereocenters. The van der Waals surface area contributed by atoms with Crippen LogP contribution in [0.2, 0.25) is 0 Å². The minimum Gasteiger partial charge on any atom is -0.381 e. The number of fused-ring (bicyclic) bond motifs is 1. The lowest BCUT2D eigenvalue weighted by Gasteiger charge is -2.24. The van der Waals surface area contributed by atoms with Gasteiger partial charge in [-0.05, 0) is 38.3 Å². The molecule has 1 saturated heterocycles. The topological polar surface area (TPSA) is 73.1 Å². The standard InChI is InChI=1S/C21H23N5O2/c1-14-19(21(27)25(17-7-8-17)12-15-9-11-28-13-15)23-24-26(14)18-6-2-4-16-5-3-10-22-20(16)18/h2-6,10,15,17H,7-9,11-13H2,1H3/t15-/m0/s1. The number of rotatable bonds is 5. The molecule has 3 aromatic rings. The average Bonchev–Trinajstić information content (AvgIpc) is 3.29.